The monoisotopic (exact) mass is 379 g/mol. The first-order valence-electron chi connectivity index (χ1n) is 8.40. The number of nitrogens with zero attached hydrogens (tertiary/aromatic N) is 1. The van der Waals surface area contributed by atoms with Crippen molar-refractivity contribution < 1.29 is 18.1 Å². The lowest BCUT2D eigenvalue weighted by Crippen LogP contribution is -2.42. The van der Waals surface area contributed by atoms with Gasteiger partial charge in [-0.25, -0.2) is 0 Å². The minimum atomic E-state index is -1.83. The van der Waals surface area contributed by atoms with Crippen LogP contribution in [0.25, 0.3) is 0 Å². The number of hydrogen-bond acceptors (Lipinski definition) is 5. The highest BCUT2D eigenvalue weighted by Gasteiger charge is 2.23. The van der Waals surface area contributed by atoms with E-state index in [1.54, 1.807) is 0 Å². The predicted octanol–water partition coefficient (Wildman–Crippen LogP) is 3.37. The zero-order chi connectivity index (χ0) is 18.3. The van der Waals surface area contributed by atoms with Crippen molar-refractivity contribution in [1.29, 1.82) is 0 Å². The van der Waals surface area contributed by atoms with Crippen LogP contribution in [0.3, 0.4) is 0 Å². The second-order valence-electron chi connectivity index (χ2n) is 8.78. The third-order valence-corrected chi connectivity index (χ3v) is 5.64. The number of rotatable bonds is 11. The minimum absolute atomic E-state index is 0.134. The van der Waals surface area contributed by atoms with E-state index in [0.29, 0.717) is 19.8 Å². The quantitative estimate of drug-likeness (QED) is 0.515. The van der Waals surface area contributed by atoms with Gasteiger partial charge in [0.25, 0.3) is 0 Å². The van der Waals surface area contributed by atoms with Crippen molar-refractivity contribution in [2.45, 2.75) is 58.9 Å². The van der Waals surface area contributed by atoms with Gasteiger partial charge in [-0.05, 0) is 58.9 Å². The maximum atomic E-state index is 12.1. The Kier molecular flexibility index (Phi) is 9.48. The van der Waals surface area contributed by atoms with E-state index >= 15 is 0 Å². The predicted molar refractivity (Wildman–Crippen MR) is 104 cm³/mol. The van der Waals surface area contributed by atoms with Gasteiger partial charge in [0.1, 0.15) is 0 Å². The average molecular weight is 380 g/mol. The molecule has 0 saturated heterocycles. The molecule has 0 spiro atoms. The molecule has 0 bridgehead atoms. The van der Waals surface area contributed by atoms with Crippen molar-refractivity contribution in [2.24, 2.45) is 0 Å². The molecule has 0 fully saturated rings. The molecule has 8 heteroatoms. The van der Waals surface area contributed by atoms with Crippen LogP contribution in [0.4, 0.5) is 0 Å². The van der Waals surface area contributed by atoms with Crippen LogP contribution >= 0.6 is 0 Å². The number of carbonyl (C=O) groups is 1. The second kappa shape index (κ2) is 9.48. The average Bonchev–Trinajstić information content (AvgIpc) is 2.21. The van der Waals surface area contributed by atoms with Gasteiger partial charge in [0.05, 0.1) is 6.54 Å². The summed E-state index contributed by atoms with van der Waals surface area (Å²) in [4.78, 5) is 14.2. The van der Waals surface area contributed by atoms with E-state index < -0.39 is 25.0 Å². The third kappa shape index (κ3) is 16.6. The van der Waals surface area contributed by atoms with E-state index in [4.69, 9.17) is 13.3 Å². The molecule has 0 saturated carbocycles. The van der Waals surface area contributed by atoms with Gasteiger partial charge in [-0.1, -0.05) is 0 Å². The highest BCUT2D eigenvalue weighted by Crippen LogP contribution is 2.07. The highest BCUT2D eigenvalue weighted by atomic mass is 28.4. The summed E-state index contributed by atoms with van der Waals surface area (Å²) < 4.78 is 17.4. The largest absolute Gasteiger partial charge is 0.519 e. The fraction of sp³-hybridized carbons (Fsp3) is 0.933. The Morgan fingerprint density at radius 2 is 1.13 bits per heavy atom. The third-order valence-electron chi connectivity index (χ3n) is 2.66. The number of carbonyl (C=O) groups excluding carboxylic acids is 1. The Balaban J connectivity index is 4.45. The Morgan fingerprint density at radius 1 is 0.739 bits per heavy atom. The Hall–Kier alpha value is 0.000649. The molecule has 0 N–H and O–H groups in total. The van der Waals surface area contributed by atoms with E-state index in [9.17, 15) is 4.79 Å². The van der Waals surface area contributed by atoms with Crippen LogP contribution in [0, 0.1) is 0 Å². The van der Waals surface area contributed by atoms with Crippen molar-refractivity contribution in [3.63, 3.8) is 0 Å². The molecule has 5 nitrogen and oxygen atoms in total. The van der Waals surface area contributed by atoms with Crippen LogP contribution < -0.4 is 0 Å². The molecular weight excluding hydrogens is 342 g/mol. The molecule has 0 aromatic heterocycles. The van der Waals surface area contributed by atoms with Crippen molar-refractivity contribution in [1.82, 2.24) is 4.90 Å². The first-order chi connectivity index (χ1) is 10.2. The molecule has 0 amide bonds. The van der Waals surface area contributed by atoms with Crippen LogP contribution in [0.2, 0.25) is 58.9 Å². The Bertz CT molecular complexity index is 339. The molecule has 0 heterocycles. The van der Waals surface area contributed by atoms with Crippen molar-refractivity contribution in [3.8, 4) is 0 Å². The molecule has 0 rings (SSSR count). The van der Waals surface area contributed by atoms with E-state index in [2.05, 4.69) is 44.2 Å². The van der Waals surface area contributed by atoms with Crippen LogP contribution in [0.1, 0.15) is 0 Å². The molecule has 0 unspecified atom stereocenters. The van der Waals surface area contributed by atoms with Crippen LogP contribution in [0.15, 0.2) is 0 Å². The molecular formula is C15H37NO4Si3. The highest BCUT2D eigenvalue weighted by molar-refractivity contribution is 6.71. The summed E-state index contributed by atoms with van der Waals surface area (Å²) in [5.41, 5.74) is 0. The molecule has 0 aliphatic rings. The number of hydrogen-bond donors (Lipinski definition) is 0. The van der Waals surface area contributed by atoms with Gasteiger partial charge in [0.2, 0.25) is 8.32 Å². The summed E-state index contributed by atoms with van der Waals surface area (Å²) in [6.45, 7) is 22.2. The molecule has 0 radical (unpaired) electrons. The lowest BCUT2D eigenvalue weighted by Gasteiger charge is -2.27. The Labute approximate surface area is 146 Å². The summed E-state index contributed by atoms with van der Waals surface area (Å²) in [5, 5.41) is 0. The van der Waals surface area contributed by atoms with E-state index in [1.165, 1.54) is 0 Å². The zero-order valence-corrected chi connectivity index (χ0v) is 19.6. The lowest BCUT2D eigenvalue weighted by molar-refractivity contribution is -0.136. The summed E-state index contributed by atoms with van der Waals surface area (Å²) in [6.07, 6.45) is 0. The minimum Gasteiger partial charge on any atom is -0.519 e. The summed E-state index contributed by atoms with van der Waals surface area (Å²) in [7, 11) is -4.88. The summed E-state index contributed by atoms with van der Waals surface area (Å²) in [5.74, 6) is -0.134. The van der Waals surface area contributed by atoms with Crippen LogP contribution in [0.5, 0.6) is 0 Å². The molecule has 138 valence electrons. The van der Waals surface area contributed by atoms with E-state index in [-0.39, 0.29) is 5.97 Å². The second-order valence-corrected chi connectivity index (χ2v) is 22.2. The maximum absolute atomic E-state index is 12.1. The molecule has 0 aliphatic heterocycles. The van der Waals surface area contributed by atoms with Gasteiger partial charge in [-0.15, -0.1) is 0 Å². The first kappa shape index (κ1) is 23.0. The fourth-order valence-corrected chi connectivity index (χ4v) is 3.94. The van der Waals surface area contributed by atoms with Gasteiger partial charge in [0.15, 0.2) is 16.6 Å². The Morgan fingerprint density at radius 3 is 1.43 bits per heavy atom. The fourth-order valence-electron chi connectivity index (χ4n) is 1.79. The molecule has 0 aromatic carbocycles. The summed E-state index contributed by atoms with van der Waals surface area (Å²) >= 11 is 0. The van der Waals surface area contributed by atoms with Crippen LogP contribution in [-0.4, -0.2) is 68.7 Å². The topological polar surface area (TPSA) is 48.0 Å². The molecule has 0 aromatic rings. The van der Waals surface area contributed by atoms with Gasteiger partial charge in [-0.3, -0.25) is 9.69 Å². The lowest BCUT2D eigenvalue weighted by atomic mass is 10.4. The standard InChI is InChI=1S/C15H37NO4Si3/c1-21(2,3)18-12-10-16(11-13-19-22(4,5)6)14-15(17)20-23(7,8)9/h10-14H2,1-9H3. The van der Waals surface area contributed by atoms with Crippen molar-refractivity contribution >= 4 is 30.9 Å². The van der Waals surface area contributed by atoms with Gasteiger partial charge in [-0.2, -0.15) is 0 Å². The molecule has 0 atom stereocenters. The van der Waals surface area contributed by atoms with Crippen molar-refractivity contribution in [2.75, 3.05) is 32.8 Å². The van der Waals surface area contributed by atoms with E-state index in [1.807, 2.05) is 19.6 Å². The zero-order valence-electron chi connectivity index (χ0n) is 16.6. The normalized spacial score (nSPS) is 13.5. The molecule has 0 aliphatic carbocycles. The smallest absolute Gasteiger partial charge is 0.306 e. The summed E-state index contributed by atoms with van der Waals surface area (Å²) in [6, 6.07) is 0. The van der Waals surface area contributed by atoms with Crippen molar-refractivity contribution in [3.05, 3.63) is 0 Å². The van der Waals surface area contributed by atoms with Gasteiger partial charge < -0.3 is 13.3 Å². The van der Waals surface area contributed by atoms with Gasteiger partial charge >= 0.3 is 5.97 Å². The van der Waals surface area contributed by atoms with Crippen LogP contribution in [-0.2, 0) is 18.1 Å². The maximum Gasteiger partial charge on any atom is 0.306 e. The van der Waals surface area contributed by atoms with E-state index in [0.717, 1.165) is 13.1 Å². The SMILES string of the molecule is C[Si](C)(C)OCCN(CCO[Si](C)(C)C)CC(=O)O[Si](C)(C)C. The molecule has 23 heavy (non-hydrogen) atoms. The van der Waals surface area contributed by atoms with Gasteiger partial charge in [0, 0.05) is 26.3 Å². The first-order valence-corrected chi connectivity index (χ1v) is 18.6.